The van der Waals surface area contributed by atoms with Crippen LogP contribution in [0.2, 0.25) is 0 Å². The van der Waals surface area contributed by atoms with Crippen molar-refractivity contribution in [3.8, 4) is 0 Å². The fourth-order valence-corrected chi connectivity index (χ4v) is 3.89. The lowest BCUT2D eigenvalue weighted by Crippen LogP contribution is -2.44. The van der Waals surface area contributed by atoms with E-state index in [4.69, 9.17) is 4.74 Å². The zero-order valence-corrected chi connectivity index (χ0v) is 22.1. The topological polar surface area (TPSA) is 49.9 Å². The van der Waals surface area contributed by atoms with Crippen molar-refractivity contribution in [2.45, 2.75) is 117 Å². The SMILES string of the molecule is CCCCCCCCCCCCOCCC(C(=O)N(C)CCCC)C(=O)N(C)CCCC. The zero-order valence-electron chi connectivity index (χ0n) is 22.1. The van der Waals surface area contributed by atoms with Crippen LogP contribution in [0.1, 0.15) is 117 Å². The highest BCUT2D eigenvalue weighted by Gasteiger charge is 2.31. The lowest BCUT2D eigenvalue weighted by molar-refractivity contribution is -0.146. The molecule has 0 spiro atoms. The van der Waals surface area contributed by atoms with Crippen molar-refractivity contribution in [3.05, 3.63) is 0 Å². The van der Waals surface area contributed by atoms with E-state index in [0.717, 1.165) is 38.7 Å². The van der Waals surface area contributed by atoms with Crippen LogP contribution in [0, 0.1) is 5.92 Å². The van der Waals surface area contributed by atoms with E-state index in [1.165, 1.54) is 57.8 Å². The summed E-state index contributed by atoms with van der Waals surface area (Å²) in [4.78, 5) is 29.3. The maximum atomic E-state index is 12.9. The molecule has 0 saturated carbocycles. The zero-order chi connectivity index (χ0) is 24.0. The molecule has 2 amide bonds. The van der Waals surface area contributed by atoms with Crippen molar-refractivity contribution >= 4 is 11.8 Å². The summed E-state index contributed by atoms with van der Waals surface area (Å²) in [5.41, 5.74) is 0. The molecular formula is C27H54N2O3. The third-order valence-corrected chi connectivity index (χ3v) is 6.24. The number of nitrogens with zero attached hydrogens (tertiary/aromatic N) is 2. The number of rotatable bonds is 22. The van der Waals surface area contributed by atoms with Gasteiger partial charge in [-0.2, -0.15) is 0 Å². The molecule has 0 aromatic rings. The van der Waals surface area contributed by atoms with Crippen LogP contribution < -0.4 is 0 Å². The second-order valence-electron chi connectivity index (χ2n) is 9.36. The van der Waals surface area contributed by atoms with Gasteiger partial charge in [-0.15, -0.1) is 0 Å². The van der Waals surface area contributed by atoms with Gasteiger partial charge in [-0.25, -0.2) is 0 Å². The standard InChI is InChI=1S/C27H54N2O3/c1-6-9-12-13-14-15-16-17-18-19-23-32-24-20-25(26(30)28(4)21-10-7-2)27(31)29(5)22-11-8-3/h25H,6-24H2,1-5H3. The fourth-order valence-electron chi connectivity index (χ4n) is 3.89. The van der Waals surface area contributed by atoms with Crippen LogP contribution in [0.25, 0.3) is 0 Å². The summed E-state index contributed by atoms with van der Waals surface area (Å²) in [6.45, 7) is 9.10. The van der Waals surface area contributed by atoms with Crippen molar-refractivity contribution in [3.63, 3.8) is 0 Å². The first kappa shape index (κ1) is 30.9. The first-order valence-corrected chi connectivity index (χ1v) is 13.6. The lowest BCUT2D eigenvalue weighted by Gasteiger charge is -2.27. The Labute approximate surface area is 199 Å². The number of ether oxygens (including phenoxy) is 1. The van der Waals surface area contributed by atoms with Crippen LogP contribution in [0.4, 0.5) is 0 Å². The van der Waals surface area contributed by atoms with Crippen molar-refractivity contribution < 1.29 is 14.3 Å². The van der Waals surface area contributed by atoms with Crippen LogP contribution >= 0.6 is 0 Å². The van der Waals surface area contributed by atoms with Crippen LogP contribution in [-0.4, -0.2) is 62.0 Å². The van der Waals surface area contributed by atoms with Gasteiger partial charge in [0.25, 0.3) is 0 Å². The van der Waals surface area contributed by atoms with E-state index in [9.17, 15) is 9.59 Å². The highest BCUT2D eigenvalue weighted by Crippen LogP contribution is 2.14. The minimum atomic E-state index is -0.619. The Balaban J connectivity index is 4.21. The Morgan fingerprint density at radius 3 is 1.44 bits per heavy atom. The Kier molecular flexibility index (Phi) is 21.0. The Bertz CT molecular complexity index is 430. The van der Waals surface area contributed by atoms with E-state index >= 15 is 0 Å². The molecule has 0 fully saturated rings. The van der Waals surface area contributed by atoms with E-state index in [-0.39, 0.29) is 11.8 Å². The van der Waals surface area contributed by atoms with Gasteiger partial charge in [0.1, 0.15) is 5.92 Å². The lowest BCUT2D eigenvalue weighted by atomic mass is 10.0. The molecule has 32 heavy (non-hydrogen) atoms. The van der Waals surface area contributed by atoms with Gasteiger partial charge in [-0.05, 0) is 25.7 Å². The van der Waals surface area contributed by atoms with Gasteiger partial charge >= 0.3 is 0 Å². The summed E-state index contributed by atoms with van der Waals surface area (Å²) in [5.74, 6) is -0.741. The molecule has 0 aromatic heterocycles. The molecule has 0 aliphatic rings. The van der Waals surface area contributed by atoms with Gasteiger partial charge in [-0.3, -0.25) is 9.59 Å². The molecule has 0 saturated heterocycles. The third kappa shape index (κ3) is 15.7. The quantitative estimate of drug-likeness (QED) is 0.140. The number of carbonyl (C=O) groups is 2. The molecule has 0 radical (unpaired) electrons. The van der Waals surface area contributed by atoms with Crippen molar-refractivity contribution in [1.29, 1.82) is 0 Å². The van der Waals surface area contributed by atoms with Gasteiger partial charge in [0.2, 0.25) is 11.8 Å². The molecule has 0 heterocycles. The van der Waals surface area contributed by atoms with Crippen LogP contribution in [0.15, 0.2) is 0 Å². The molecule has 0 bridgehead atoms. The maximum absolute atomic E-state index is 12.9. The fraction of sp³-hybridized carbons (Fsp3) is 0.926. The van der Waals surface area contributed by atoms with Gasteiger partial charge in [-0.1, -0.05) is 91.4 Å². The number of amides is 2. The van der Waals surface area contributed by atoms with E-state index in [1.807, 2.05) is 14.1 Å². The predicted molar refractivity (Wildman–Crippen MR) is 136 cm³/mol. The highest BCUT2D eigenvalue weighted by atomic mass is 16.5. The largest absolute Gasteiger partial charge is 0.381 e. The summed E-state index contributed by atoms with van der Waals surface area (Å²) < 4.78 is 5.82. The summed E-state index contributed by atoms with van der Waals surface area (Å²) in [6, 6.07) is 0. The predicted octanol–water partition coefficient (Wildman–Crippen LogP) is 6.45. The molecule has 5 heteroatoms. The second kappa shape index (κ2) is 21.7. The normalized spacial score (nSPS) is 11.2. The number of hydrogen-bond donors (Lipinski definition) is 0. The average Bonchev–Trinajstić information content (AvgIpc) is 2.80. The smallest absolute Gasteiger partial charge is 0.234 e. The van der Waals surface area contributed by atoms with Crippen LogP contribution in [0.3, 0.4) is 0 Å². The molecule has 5 nitrogen and oxygen atoms in total. The monoisotopic (exact) mass is 454 g/mol. The second-order valence-corrected chi connectivity index (χ2v) is 9.36. The van der Waals surface area contributed by atoms with E-state index in [0.29, 0.717) is 26.1 Å². The maximum Gasteiger partial charge on any atom is 0.234 e. The summed E-state index contributed by atoms with van der Waals surface area (Å²) in [5, 5.41) is 0. The van der Waals surface area contributed by atoms with Crippen molar-refractivity contribution in [1.82, 2.24) is 9.80 Å². The van der Waals surface area contributed by atoms with Gasteiger partial charge < -0.3 is 14.5 Å². The molecule has 0 aromatic carbocycles. The Morgan fingerprint density at radius 2 is 1.00 bits per heavy atom. The molecule has 0 rings (SSSR count). The number of hydrogen-bond acceptors (Lipinski definition) is 3. The minimum Gasteiger partial charge on any atom is -0.381 e. The molecule has 0 N–H and O–H groups in total. The van der Waals surface area contributed by atoms with Crippen LogP contribution in [-0.2, 0) is 14.3 Å². The van der Waals surface area contributed by atoms with Gasteiger partial charge in [0, 0.05) is 40.4 Å². The summed E-state index contributed by atoms with van der Waals surface area (Å²) >= 11 is 0. The summed E-state index contributed by atoms with van der Waals surface area (Å²) in [7, 11) is 3.63. The Hall–Kier alpha value is -1.10. The molecule has 0 aliphatic carbocycles. The molecule has 190 valence electrons. The number of carbonyl (C=O) groups excluding carboxylic acids is 2. The average molecular weight is 455 g/mol. The third-order valence-electron chi connectivity index (χ3n) is 6.24. The van der Waals surface area contributed by atoms with Crippen molar-refractivity contribution in [2.75, 3.05) is 40.4 Å². The molecule has 0 atom stereocenters. The van der Waals surface area contributed by atoms with E-state index in [1.54, 1.807) is 9.80 Å². The Morgan fingerprint density at radius 1 is 0.594 bits per heavy atom. The molecular weight excluding hydrogens is 400 g/mol. The number of unbranched alkanes of at least 4 members (excludes halogenated alkanes) is 11. The first-order chi connectivity index (χ1) is 15.5. The van der Waals surface area contributed by atoms with Gasteiger partial charge in [0.15, 0.2) is 0 Å². The first-order valence-electron chi connectivity index (χ1n) is 13.6. The summed E-state index contributed by atoms with van der Waals surface area (Å²) in [6.07, 6.45) is 17.5. The minimum absolute atomic E-state index is 0.0608. The van der Waals surface area contributed by atoms with E-state index < -0.39 is 5.92 Å². The van der Waals surface area contributed by atoms with Crippen molar-refractivity contribution in [2.24, 2.45) is 5.92 Å². The van der Waals surface area contributed by atoms with Gasteiger partial charge in [0.05, 0.1) is 0 Å². The molecule has 0 unspecified atom stereocenters. The van der Waals surface area contributed by atoms with Crippen LogP contribution in [0.5, 0.6) is 0 Å². The highest BCUT2D eigenvalue weighted by molar-refractivity contribution is 6.00. The molecule has 0 aliphatic heterocycles. The van der Waals surface area contributed by atoms with E-state index in [2.05, 4.69) is 20.8 Å².